The van der Waals surface area contributed by atoms with Gasteiger partial charge >= 0.3 is 11.9 Å². The molecule has 0 saturated heterocycles. The van der Waals surface area contributed by atoms with Crippen molar-refractivity contribution in [3.8, 4) is 11.5 Å². The van der Waals surface area contributed by atoms with Crippen LogP contribution in [0.4, 0.5) is 0 Å². The summed E-state index contributed by atoms with van der Waals surface area (Å²) < 4.78 is 14.9. The number of hydrogen-bond acceptors (Lipinski definition) is 8. The number of ketones is 1. The van der Waals surface area contributed by atoms with Crippen LogP contribution in [-0.2, 0) is 30.3 Å². The van der Waals surface area contributed by atoms with E-state index in [-0.39, 0.29) is 23.6 Å². The van der Waals surface area contributed by atoms with E-state index in [1.165, 1.54) is 21.1 Å². The van der Waals surface area contributed by atoms with Crippen LogP contribution in [0, 0.1) is 6.92 Å². The van der Waals surface area contributed by atoms with E-state index in [0.717, 1.165) is 36.3 Å². The summed E-state index contributed by atoms with van der Waals surface area (Å²) in [6, 6.07) is 18.1. The average molecular weight is 565 g/mol. The largest absolute Gasteiger partial charge is 0.469 e. The van der Waals surface area contributed by atoms with Crippen molar-refractivity contribution in [3.63, 3.8) is 0 Å². The molecule has 1 heterocycles. The van der Waals surface area contributed by atoms with Crippen molar-refractivity contribution in [2.45, 2.75) is 71.3 Å². The van der Waals surface area contributed by atoms with Crippen molar-refractivity contribution >= 4 is 23.6 Å². The zero-order chi connectivity index (χ0) is 30.0. The quantitative estimate of drug-likeness (QED) is 0.197. The molecule has 2 aromatic carbocycles. The number of methoxy groups -OCH3 is 2. The van der Waals surface area contributed by atoms with Crippen molar-refractivity contribution < 1.29 is 33.1 Å². The van der Waals surface area contributed by atoms with Crippen molar-refractivity contribution in [2.24, 2.45) is 0 Å². The summed E-state index contributed by atoms with van der Waals surface area (Å²) in [5, 5.41) is 2.73. The van der Waals surface area contributed by atoms with Gasteiger partial charge in [-0.05, 0) is 70.2 Å². The Morgan fingerprint density at radius 3 is 1.95 bits per heavy atom. The molecule has 1 aromatic heterocycles. The van der Waals surface area contributed by atoms with Gasteiger partial charge in [-0.25, -0.2) is 4.98 Å². The number of ether oxygens (including phenoxy) is 2. The normalized spacial score (nSPS) is 11.0. The van der Waals surface area contributed by atoms with E-state index in [0.29, 0.717) is 43.6 Å². The zero-order valence-corrected chi connectivity index (χ0v) is 24.3. The first-order valence-corrected chi connectivity index (χ1v) is 13.8. The van der Waals surface area contributed by atoms with Crippen LogP contribution in [0.2, 0.25) is 0 Å². The van der Waals surface area contributed by atoms with Crippen LogP contribution < -0.4 is 5.32 Å². The number of nitrogens with one attached hydrogen (secondary N) is 1. The van der Waals surface area contributed by atoms with Gasteiger partial charge in [0.25, 0.3) is 5.91 Å². The van der Waals surface area contributed by atoms with E-state index in [9.17, 15) is 19.2 Å². The lowest BCUT2D eigenvalue weighted by Gasteiger charge is -2.15. The number of nitrogens with zero attached hydrogens (tertiary/aromatic N) is 1. The Morgan fingerprint density at radius 2 is 1.39 bits per heavy atom. The molecule has 1 amide bonds. The number of amides is 1. The van der Waals surface area contributed by atoms with E-state index in [1.807, 2.05) is 43.3 Å². The molecule has 0 spiro atoms. The minimum atomic E-state index is -0.518. The van der Waals surface area contributed by atoms with Crippen molar-refractivity contribution in [1.82, 2.24) is 10.3 Å². The summed E-state index contributed by atoms with van der Waals surface area (Å²) in [4.78, 5) is 50.1. The van der Waals surface area contributed by atoms with Gasteiger partial charge in [-0.1, -0.05) is 42.8 Å². The van der Waals surface area contributed by atoms with Gasteiger partial charge in [0.15, 0.2) is 5.78 Å². The van der Waals surface area contributed by atoms with Gasteiger partial charge in [0, 0.05) is 24.0 Å². The second-order valence-corrected chi connectivity index (χ2v) is 9.50. The van der Waals surface area contributed by atoms with Gasteiger partial charge in [-0.15, -0.1) is 0 Å². The number of hydrogen-bond donors (Lipinski definition) is 1. The highest BCUT2D eigenvalue weighted by atomic mass is 16.5. The molecule has 220 valence electrons. The fourth-order valence-electron chi connectivity index (χ4n) is 3.96. The summed E-state index contributed by atoms with van der Waals surface area (Å²) >= 11 is 0. The topological polar surface area (TPSA) is 125 Å². The molecular weight excluding hydrogens is 524 g/mol. The summed E-state index contributed by atoms with van der Waals surface area (Å²) in [5.74, 6) is 0.739. The maximum atomic E-state index is 12.0. The van der Waals surface area contributed by atoms with Gasteiger partial charge in [0.05, 0.1) is 26.0 Å². The highest BCUT2D eigenvalue weighted by Crippen LogP contribution is 2.22. The molecule has 1 unspecified atom stereocenters. The SMILES string of the molecule is COC(=O)CCCCC(NC(=O)c1ccccc1)C(C)=O.COC(=O)CCCCc1nc(-c2ccccc2)oc1C. The van der Waals surface area contributed by atoms with E-state index < -0.39 is 6.04 Å². The Bertz CT molecular complexity index is 1240. The number of carbonyl (C=O) groups is 4. The number of carbonyl (C=O) groups excluding carboxylic acids is 4. The third kappa shape index (κ3) is 12.2. The number of benzene rings is 2. The van der Waals surface area contributed by atoms with Crippen LogP contribution in [0.3, 0.4) is 0 Å². The van der Waals surface area contributed by atoms with E-state index in [1.54, 1.807) is 24.3 Å². The maximum Gasteiger partial charge on any atom is 0.305 e. The van der Waals surface area contributed by atoms with Gasteiger partial charge in [-0.2, -0.15) is 0 Å². The van der Waals surface area contributed by atoms with Crippen molar-refractivity contribution in [1.29, 1.82) is 0 Å². The fourth-order valence-corrected chi connectivity index (χ4v) is 3.96. The number of rotatable bonds is 14. The minimum Gasteiger partial charge on any atom is -0.469 e. The molecule has 0 fully saturated rings. The summed E-state index contributed by atoms with van der Waals surface area (Å²) in [6.45, 7) is 3.38. The Balaban J connectivity index is 0.000000287. The molecule has 41 heavy (non-hydrogen) atoms. The molecule has 1 N–H and O–H groups in total. The predicted octanol–water partition coefficient (Wildman–Crippen LogP) is 5.64. The smallest absolute Gasteiger partial charge is 0.305 e. The van der Waals surface area contributed by atoms with Gasteiger partial charge in [0.2, 0.25) is 5.89 Å². The molecule has 0 saturated carbocycles. The lowest BCUT2D eigenvalue weighted by atomic mass is 10.0. The van der Waals surface area contributed by atoms with Crippen LogP contribution in [0.1, 0.15) is 73.7 Å². The second kappa shape index (κ2) is 18.1. The molecule has 3 rings (SSSR count). The van der Waals surface area contributed by atoms with Crippen molar-refractivity contribution in [3.05, 3.63) is 77.7 Å². The molecule has 9 heteroatoms. The van der Waals surface area contributed by atoms with Crippen LogP contribution >= 0.6 is 0 Å². The summed E-state index contributed by atoms with van der Waals surface area (Å²) in [5.41, 5.74) is 2.48. The average Bonchev–Trinajstić information content (AvgIpc) is 3.37. The summed E-state index contributed by atoms with van der Waals surface area (Å²) in [7, 11) is 2.76. The van der Waals surface area contributed by atoms with Crippen LogP contribution in [0.5, 0.6) is 0 Å². The second-order valence-electron chi connectivity index (χ2n) is 9.50. The first kappa shape index (κ1) is 32.9. The molecule has 0 bridgehead atoms. The third-order valence-corrected chi connectivity index (χ3v) is 6.37. The number of unbranched alkanes of at least 4 members (excludes halogenated alkanes) is 2. The van der Waals surface area contributed by atoms with Gasteiger partial charge < -0.3 is 19.2 Å². The summed E-state index contributed by atoms with van der Waals surface area (Å²) in [6.07, 6.45) is 5.14. The number of esters is 2. The van der Waals surface area contributed by atoms with Crippen LogP contribution in [0.15, 0.2) is 65.1 Å². The zero-order valence-electron chi connectivity index (χ0n) is 24.3. The minimum absolute atomic E-state index is 0.0858. The van der Waals surface area contributed by atoms with Crippen LogP contribution in [-0.4, -0.2) is 48.9 Å². The Kier molecular flexibility index (Phi) is 14.6. The van der Waals surface area contributed by atoms with E-state index in [2.05, 4.69) is 19.8 Å². The maximum absolute atomic E-state index is 12.0. The third-order valence-electron chi connectivity index (χ3n) is 6.37. The first-order valence-electron chi connectivity index (χ1n) is 13.8. The highest BCUT2D eigenvalue weighted by molar-refractivity contribution is 5.97. The molecule has 3 aromatic rings. The molecule has 0 aliphatic rings. The van der Waals surface area contributed by atoms with E-state index in [4.69, 9.17) is 4.42 Å². The lowest BCUT2D eigenvalue weighted by Crippen LogP contribution is -2.39. The Morgan fingerprint density at radius 1 is 0.829 bits per heavy atom. The number of Topliss-reactive ketones (excluding diaryl/α,β-unsaturated/α-hetero) is 1. The van der Waals surface area contributed by atoms with Gasteiger partial charge in [-0.3, -0.25) is 19.2 Å². The Hall–Kier alpha value is -4.27. The monoisotopic (exact) mass is 564 g/mol. The fraction of sp³-hybridized carbons (Fsp3) is 0.406. The van der Waals surface area contributed by atoms with Crippen molar-refractivity contribution in [2.75, 3.05) is 14.2 Å². The molecule has 0 aliphatic carbocycles. The van der Waals surface area contributed by atoms with E-state index >= 15 is 0 Å². The molecule has 0 radical (unpaired) electrons. The highest BCUT2D eigenvalue weighted by Gasteiger charge is 2.17. The molecule has 9 nitrogen and oxygen atoms in total. The molecule has 0 aliphatic heterocycles. The number of aromatic nitrogens is 1. The number of aryl methyl sites for hydroxylation is 2. The lowest BCUT2D eigenvalue weighted by molar-refractivity contribution is -0.141. The van der Waals surface area contributed by atoms with Crippen LogP contribution in [0.25, 0.3) is 11.5 Å². The predicted molar refractivity (Wildman–Crippen MR) is 155 cm³/mol. The van der Waals surface area contributed by atoms with Gasteiger partial charge in [0.1, 0.15) is 5.76 Å². The number of oxazole rings is 1. The molecular formula is C32H40N2O7. The molecule has 1 atom stereocenters. The first-order chi connectivity index (χ1) is 19.7. The Labute approximate surface area is 241 Å². The standard InChI is InChI=1S/C16H21NO4.C16H19NO3/c1-12(18)14(10-6-7-11-15(19)21-2)17-16(20)13-8-4-3-5-9-13;1-12-14(10-6-7-11-15(18)19-2)17-16(20-12)13-8-4-3-5-9-13/h3-5,8-9,14H,6-7,10-11H2,1-2H3,(H,17,20);3-5,8-9H,6-7,10-11H2,1-2H3.